The number of nitrogens with one attached hydrogen (secondary N) is 1. The van der Waals surface area contributed by atoms with E-state index in [1.165, 1.54) is 0 Å². The van der Waals surface area contributed by atoms with Gasteiger partial charge in [-0.1, -0.05) is 30.8 Å². The van der Waals surface area contributed by atoms with Gasteiger partial charge in [0.15, 0.2) is 0 Å². The zero-order chi connectivity index (χ0) is 19.1. The Balaban J connectivity index is 2.06. The molecule has 5 heteroatoms. The molecule has 0 atom stereocenters. The zero-order valence-electron chi connectivity index (χ0n) is 15.4. The monoisotopic (exact) mass is 352 g/mol. The van der Waals surface area contributed by atoms with Crippen molar-refractivity contribution in [3.63, 3.8) is 0 Å². The number of ether oxygens (including phenoxy) is 1. The van der Waals surface area contributed by atoms with E-state index in [9.17, 15) is 9.59 Å². The number of benzene rings is 2. The Morgan fingerprint density at radius 1 is 1.08 bits per heavy atom. The zero-order valence-corrected chi connectivity index (χ0v) is 15.4. The minimum atomic E-state index is -0.251. The topological polar surface area (TPSA) is 58.6 Å². The van der Waals surface area contributed by atoms with E-state index in [4.69, 9.17) is 4.74 Å². The van der Waals surface area contributed by atoms with Crippen LogP contribution in [-0.4, -0.2) is 37.4 Å². The second kappa shape index (κ2) is 8.85. The fourth-order valence-corrected chi connectivity index (χ4v) is 2.22. The Morgan fingerprint density at radius 3 is 2.35 bits per heavy atom. The van der Waals surface area contributed by atoms with Crippen LogP contribution in [0.4, 0.5) is 5.69 Å². The predicted molar refractivity (Wildman–Crippen MR) is 104 cm³/mol. The van der Waals surface area contributed by atoms with Crippen molar-refractivity contribution in [1.29, 1.82) is 0 Å². The molecule has 0 aliphatic heterocycles. The standard InChI is InChI=1S/C21H24N2O3/c1-15(2)14-26-19-8-6-5-7-18(19)21(25)22-17-11-9-16(10-12-17)13-20(24)23(3)4/h5-12H,1,13-14H2,2-4H3,(H,22,25). The van der Waals surface area contributed by atoms with Crippen molar-refractivity contribution < 1.29 is 14.3 Å². The van der Waals surface area contributed by atoms with E-state index in [0.717, 1.165) is 11.1 Å². The van der Waals surface area contributed by atoms with E-state index in [1.54, 1.807) is 49.3 Å². The van der Waals surface area contributed by atoms with Crippen LogP contribution < -0.4 is 10.1 Å². The molecule has 2 rings (SSSR count). The molecule has 26 heavy (non-hydrogen) atoms. The maximum Gasteiger partial charge on any atom is 0.259 e. The molecular weight excluding hydrogens is 328 g/mol. The van der Waals surface area contributed by atoms with E-state index in [2.05, 4.69) is 11.9 Å². The maximum absolute atomic E-state index is 12.6. The molecule has 0 unspecified atom stereocenters. The summed E-state index contributed by atoms with van der Waals surface area (Å²) >= 11 is 0. The lowest BCUT2D eigenvalue weighted by Gasteiger charge is -2.12. The third kappa shape index (κ3) is 5.48. The summed E-state index contributed by atoms with van der Waals surface area (Å²) < 4.78 is 5.64. The summed E-state index contributed by atoms with van der Waals surface area (Å²) in [5.41, 5.74) is 2.89. The normalized spacial score (nSPS) is 10.1. The minimum absolute atomic E-state index is 0.0328. The van der Waals surface area contributed by atoms with Crippen molar-refractivity contribution in [2.75, 3.05) is 26.0 Å². The van der Waals surface area contributed by atoms with Gasteiger partial charge < -0.3 is 15.0 Å². The molecule has 0 bridgehead atoms. The lowest BCUT2D eigenvalue weighted by Crippen LogP contribution is -2.23. The lowest BCUT2D eigenvalue weighted by atomic mass is 10.1. The highest BCUT2D eigenvalue weighted by atomic mass is 16.5. The second-order valence-electron chi connectivity index (χ2n) is 6.36. The molecule has 136 valence electrons. The smallest absolute Gasteiger partial charge is 0.259 e. The van der Waals surface area contributed by atoms with E-state index < -0.39 is 0 Å². The molecule has 0 spiro atoms. The van der Waals surface area contributed by atoms with E-state index >= 15 is 0 Å². The first kappa shape index (κ1) is 19.2. The number of carbonyl (C=O) groups excluding carboxylic acids is 2. The molecule has 0 aromatic heterocycles. The molecule has 5 nitrogen and oxygen atoms in total. The summed E-state index contributed by atoms with van der Waals surface area (Å²) in [6.07, 6.45) is 0.332. The first-order valence-electron chi connectivity index (χ1n) is 8.33. The van der Waals surface area contributed by atoms with Crippen LogP contribution in [0.15, 0.2) is 60.7 Å². The summed E-state index contributed by atoms with van der Waals surface area (Å²) in [6.45, 7) is 6.03. The Kier molecular flexibility index (Phi) is 6.55. The van der Waals surface area contributed by atoms with Gasteiger partial charge in [0.2, 0.25) is 5.91 Å². The van der Waals surface area contributed by atoms with Gasteiger partial charge >= 0.3 is 0 Å². The third-order valence-electron chi connectivity index (χ3n) is 3.67. The number of carbonyl (C=O) groups is 2. The first-order chi connectivity index (χ1) is 12.4. The van der Waals surface area contributed by atoms with Crippen LogP contribution in [-0.2, 0) is 11.2 Å². The van der Waals surface area contributed by atoms with Gasteiger partial charge in [0.1, 0.15) is 12.4 Å². The molecule has 2 aromatic rings. The number of likely N-dealkylation sites (N-methyl/N-ethyl adjacent to an activating group) is 1. The number of hydrogen-bond donors (Lipinski definition) is 1. The van der Waals surface area contributed by atoms with Crippen molar-refractivity contribution in [2.45, 2.75) is 13.3 Å². The SMILES string of the molecule is C=C(C)COc1ccccc1C(=O)Nc1ccc(CC(=O)N(C)C)cc1. The minimum Gasteiger partial charge on any atom is -0.488 e. The molecular formula is C21H24N2O3. The van der Waals surface area contributed by atoms with Crippen LogP contribution in [0, 0.1) is 0 Å². The van der Waals surface area contributed by atoms with E-state index in [-0.39, 0.29) is 11.8 Å². The number of rotatable bonds is 7. The molecule has 0 saturated carbocycles. The largest absolute Gasteiger partial charge is 0.488 e. The summed E-state index contributed by atoms with van der Waals surface area (Å²) in [4.78, 5) is 25.9. The number of anilines is 1. The molecule has 2 amide bonds. The Morgan fingerprint density at radius 2 is 1.73 bits per heavy atom. The summed E-state index contributed by atoms with van der Waals surface area (Å²) in [6, 6.07) is 14.3. The van der Waals surface area contributed by atoms with Gasteiger partial charge in [-0.05, 0) is 42.3 Å². The Labute approximate surface area is 154 Å². The van der Waals surface area contributed by atoms with Crippen molar-refractivity contribution in [2.24, 2.45) is 0 Å². The van der Waals surface area contributed by atoms with Crippen LogP contribution in [0.2, 0.25) is 0 Å². The molecule has 0 heterocycles. The third-order valence-corrected chi connectivity index (χ3v) is 3.67. The Hall–Kier alpha value is -3.08. The summed E-state index contributed by atoms with van der Waals surface area (Å²) in [5.74, 6) is 0.297. The van der Waals surface area contributed by atoms with Gasteiger partial charge in [-0.3, -0.25) is 9.59 Å². The van der Waals surface area contributed by atoms with Gasteiger partial charge in [0.25, 0.3) is 5.91 Å². The Bertz CT molecular complexity index is 795. The highest BCUT2D eigenvalue weighted by Crippen LogP contribution is 2.20. The summed E-state index contributed by atoms with van der Waals surface area (Å²) in [5, 5.41) is 2.85. The van der Waals surface area contributed by atoms with Crippen molar-refractivity contribution in [3.05, 3.63) is 71.8 Å². The van der Waals surface area contributed by atoms with Crippen LogP contribution in [0.3, 0.4) is 0 Å². The number of nitrogens with zero attached hydrogens (tertiary/aromatic N) is 1. The van der Waals surface area contributed by atoms with Gasteiger partial charge in [-0.15, -0.1) is 0 Å². The molecule has 0 aliphatic rings. The fourth-order valence-electron chi connectivity index (χ4n) is 2.22. The van der Waals surface area contributed by atoms with Crippen LogP contribution in [0.1, 0.15) is 22.8 Å². The maximum atomic E-state index is 12.6. The predicted octanol–water partition coefficient (Wildman–Crippen LogP) is 3.52. The average molecular weight is 352 g/mol. The molecule has 0 radical (unpaired) electrons. The average Bonchev–Trinajstić information content (AvgIpc) is 2.61. The molecule has 0 saturated heterocycles. The van der Waals surface area contributed by atoms with Crippen LogP contribution in [0.5, 0.6) is 5.75 Å². The van der Waals surface area contributed by atoms with E-state index in [1.807, 2.05) is 25.1 Å². The number of amides is 2. The van der Waals surface area contributed by atoms with Crippen LogP contribution in [0.25, 0.3) is 0 Å². The van der Waals surface area contributed by atoms with Gasteiger partial charge in [-0.2, -0.15) is 0 Å². The molecule has 0 fully saturated rings. The van der Waals surface area contributed by atoms with Crippen molar-refractivity contribution in [3.8, 4) is 5.75 Å². The lowest BCUT2D eigenvalue weighted by molar-refractivity contribution is -0.127. The van der Waals surface area contributed by atoms with Crippen molar-refractivity contribution in [1.82, 2.24) is 4.90 Å². The number of para-hydroxylation sites is 1. The van der Waals surface area contributed by atoms with Crippen molar-refractivity contribution >= 4 is 17.5 Å². The van der Waals surface area contributed by atoms with Gasteiger partial charge in [0, 0.05) is 19.8 Å². The second-order valence-corrected chi connectivity index (χ2v) is 6.36. The molecule has 0 aliphatic carbocycles. The summed E-state index contributed by atoms with van der Waals surface area (Å²) in [7, 11) is 3.45. The van der Waals surface area contributed by atoms with Gasteiger partial charge in [0.05, 0.1) is 12.0 Å². The quantitative estimate of drug-likeness (QED) is 0.776. The molecule has 2 aromatic carbocycles. The highest BCUT2D eigenvalue weighted by molar-refractivity contribution is 6.06. The first-order valence-corrected chi connectivity index (χ1v) is 8.33. The fraction of sp³-hybridized carbons (Fsp3) is 0.238. The molecule has 1 N–H and O–H groups in total. The van der Waals surface area contributed by atoms with Gasteiger partial charge in [-0.25, -0.2) is 0 Å². The highest BCUT2D eigenvalue weighted by Gasteiger charge is 2.13. The van der Waals surface area contributed by atoms with Crippen LogP contribution >= 0.6 is 0 Å². The number of hydrogen-bond acceptors (Lipinski definition) is 3. The van der Waals surface area contributed by atoms with E-state index in [0.29, 0.717) is 30.0 Å².